The van der Waals surface area contributed by atoms with Gasteiger partial charge in [-0.15, -0.1) is 0 Å². The highest BCUT2D eigenvalue weighted by atomic mass is 16.5. The zero-order chi connectivity index (χ0) is 8.10. The Labute approximate surface area is 66.1 Å². The maximum absolute atomic E-state index is 8.25. The van der Waals surface area contributed by atoms with Gasteiger partial charge in [0, 0.05) is 6.20 Å². The Hall–Kier alpha value is -1.28. The summed E-state index contributed by atoms with van der Waals surface area (Å²) in [4.78, 5) is 0. The number of nitrogens with one attached hydrogen (secondary N) is 1. The fourth-order valence-electron chi connectivity index (χ4n) is 0.811. The molecule has 1 aromatic rings. The van der Waals surface area contributed by atoms with Crippen molar-refractivity contribution in [3.05, 3.63) is 41.6 Å². The average molecular weight is 149 g/mol. The van der Waals surface area contributed by atoms with Crippen molar-refractivity contribution in [3.8, 4) is 0 Å². The maximum atomic E-state index is 8.25. The van der Waals surface area contributed by atoms with E-state index in [4.69, 9.17) is 5.21 Å². The maximum Gasteiger partial charge on any atom is 0.0246 e. The zero-order valence-corrected chi connectivity index (χ0v) is 6.41. The van der Waals surface area contributed by atoms with E-state index in [1.54, 1.807) is 6.08 Å². The number of aryl methyl sites for hydroxylation is 1. The van der Waals surface area contributed by atoms with E-state index in [2.05, 4.69) is 0 Å². The first-order chi connectivity index (χ1) is 5.33. The first-order valence-electron chi connectivity index (χ1n) is 3.46. The molecular formula is C9H11NO. The summed E-state index contributed by atoms with van der Waals surface area (Å²) in [5.41, 5.74) is 4.25. The van der Waals surface area contributed by atoms with Gasteiger partial charge in [-0.2, -0.15) is 0 Å². The van der Waals surface area contributed by atoms with Crippen molar-refractivity contribution >= 4 is 6.08 Å². The van der Waals surface area contributed by atoms with Crippen LogP contribution in [-0.4, -0.2) is 5.21 Å². The van der Waals surface area contributed by atoms with Crippen LogP contribution >= 0.6 is 0 Å². The predicted molar refractivity (Wildman–Crippen MR) is 45.1 cm³/mol. The molecule has 0 aromatic heterocycles. The highest BCUT2D eigenvalue weighted by Gasteiger charge is 1.84. The van der Waals surface area contributed by atoms with Crippen LogP contribution in [-0.2, 0) is 0 Å². The van der Waals surface area contributed by atoms with Crippen molar-refractivity contribution in [2.75, 3.05) is 0 Å². The number of rotatable bonds is 2. The minimum atomic E-state index is 1.07. The third-order valence-corrected chi connectivity index (χ3v) is 1.43. The standard InChI is InChI=1S/C9H11NO/c1-8-2-4-9(5-3-8)6-7-10-11/h2-7,10-11H,1H3/b7-6+. The molecule has 0 heterocycles. The van der Waals surface area contributed by atoms with Crippen LogP contribution in [0.2, 0.25) is 0 Å². The third-order valence-electron chi connectivity index (χ3n) is 1.43. The fraction of sp³-hybridized carbons (Fsp3) is 0.111. The van der Waals surface area contributed by atoms with E-state index >= 15 is 0 Å². The first kappa shape index (κ1) is 7.82. The summed E-state index contributed by atoms with van der Waals surface area (Å²) in [7, 11) is 0. The van der Waals surface area contributed by atoms with Gasteiger partial charge in [0.25, 0.3) is 0 Å². The van der Waals surface area contributed by atoms with Crippen LogP contribution in [0.5, 0.6) is 0 Å². The summed E-state index contributed by atoms with van der Waals surface area (Å²) in [6, 6.07) is 8.03. The molecule has 0 fully saturated rings. The molecule has 0 atom stereocenters. The van der Waals surface area contributed by atoms with Crippen LogP contribution < -0.4 is 5.48 Å². The molecule has 0 saturated heterocycles. The molecular weight excluding hydrogens is 138 g/mol. The highest BCUT2D eigenvalue weighted by Crippen LogP contribution is 2.03. The number of hydrogen-bond donors (Lipinski definition) is 2. The second-order valence-electron chi connectivity index (χ2n) is 2.37. The molecule has 2 N–H and O–H groups in total. The molecule has 0 aliphatic heterocycles. The van der Waals surface area contributed by atoms with Gasteiger partial charge in [-0.3, -0.25) is 10.7 Å². The van der Waals surface area contributed by atoms with E-state index in [0.29, 0.717) is 0 Å². The third kappa shape index (κ3) is 2.43. The largest absolute Gasteiger partial charge is 0.292 e. The lowest BCUT2D eigenvalue weighted by Crippen LogP contribution is -1.91. The smallest absolute Gasteiger partial charge is 0.0246 e. The topological polar surface area (TPSA) is 32.3 Å². The predicted octanol–water partition coefficient (Wildman–Crippen LogP) is 1.94. The molecule has 0 unspecified atom stereocenters. The summed E-state index contributed by atoms with van der Waals surface area (Å²) in [6.07, 6.45) is 3.27. The number of benzene rings is 1. The summed E-state index contributed by atoms with van der Waals surface area (Å²) in [6.45, 7) is 2.04. The molecule has 0 aliphatic carbocycles. The quantitative estimate of drug-likeness (QED) is 0.630. The zero-order valence-electron chi connectivity index (χ0n) is 6.41. The molecule has 1 aromatic carbocycles. The Balaban J connectivity index is 2.73. The first-order valence-corrected chi connectivity index (χ1v) is 3.46. The van der Waals surface area contributed by atoms with Gasteiger partial charge in [0.15, 0.2) is 0 Å². The van der Waals surface area contributed by atoms with Gasteiger partial charge in [-0.25, -0.2) is 0 Å². The highest BCUT2D eigenvalue weighted by molar-refractivity contribution is 5.48. The van der Waals surface area contributed by atoms with Crippen molar-refractivity contribution in [1.29, 1.82) is 0 Å². The Morgan fingerprint density at radius 3 is 2.45 bits per heavy atom. The molecule has 0 bridgehead atoms. The Morgan fingerprint density at radius 2 is 1.91 bits per heavy atom. The van der Waals surface area contributed by atoms with E-state index in [9.17, 15) is 0 Å². The minimum absolute atomic E-state index is 1.07. The van der Waals surface area contributed by atoms with Crippen molar-refractivity contribution < 1.29 is 5.21 Å². The molecule has 1 rings (SSSR count). The van der Waals surface area contributed by atoms with Gasteiger partial charge in [0.05, 0.1) is 0 Å². The van der Waals surface area contributed by atoms with Gasteiger partial charge in [-0.1, -0.05) is 29.8 Å². The second kappa shape index (κ2) is 3.78. The van der Waals surface area contributed by atoms with Crippen LogP contribution in [0.1, 0.15) is 11.1 Å². The van der Waals surface area contributed by atoms with Crippen LogP contribution in [0.25, 0.3) is 6.08 Å². The lowest BCUT2D eigenvalue weighted by Gasteiger charge is -1.93. The SMILES string of the molecule is Cc1ccc(/C=C/NO)cc1. The van der Waals surface area contributed by atoms with Crippen LogP contribution in [0, 0.1) is 6.92 Å². The van der Waals surface area contributed by atoms with Crippen molar-refractivity contribution in [2.45, 2.75) is 6.92 Å². The Bertz CT molecular complexity index is 238. The Kier molecular flexibility index (Phi) is 2.69. The van der Waals surface area contributed by atoms with Crippen molar-refractivity contribution in [1.82, 2.24) is 5.48 Å². The van der Waals surface area contributed by atoms with E-state index < -0.39 is 0 Å². The molecule has 0 spiro atoms. The minimum Gasteiger partial charge on any atom is -0.292 e. The van der Waals surface area contributed by atoms with Crippen LogP contribution in [0.15, 0.2) is 30.5 Å². The monoisotopic (exact) mass is 149 g/mol. The second-order valence-corrected chi connectivity index (χ2v) is 2.37. The van der Waals surface area contributed by atoms with Gasteiger partial charge in [0.1, 0.15) is 0 Å². The van der Waals surface area contributed by atoms with Crippen molar-refractivity contribution in [2.24, 2.45) is 0 Å². The summed E-state index contributed by atoms with van der Waals surface area (Å²) >= 11 is 0. The lowest BCUT2D eigenvalue weighted by atomic mass is 10.1. The van der Waals surface area contributed by atoms with Gasteiger partial charge >= 0.3 is 0 Å². The average Bonchev–Trinajstić information content (AvgIpc) is 2.04. The van der Waals surface area contributed by atoms with Gasteiger partial charge in [-0.05, 0) is 18.6 Å². The van der Waals surface area contributed by atoms with Gasteiger partial charge < -0.3 is 0 Å². The molecule has 0 amide bonds. The molecule has 2 heteroatoms. The molecule has 58 valence electrons. The molecule has 0 saturated carbocycles. The fourth-order valence-corrected chi connectivity index (χ4v) is 0.811. The van der Waals surface area contributed by atoms with E-state index in [1.165, 1.54) is 11.8 Å². The summed E-state index contributed by atoms with van der Waals surface area (Å²) in [5.74, 6) is 0. The molecule has 0 radical (unpaired) electrons. The van der Waals surface area contributed by atoms with Crippen LogP contribution in [0.4, 0.5) is 0 Å². The van der Waals surface area contributed by atoms with E-state index in [1.807, 2.05) is 36.7 Å². The molecule has 2 nitrogen and oxygen atoms in total. The number of hydrogen-bond acceptors (Lipinski definition) is 2. The summed E-state index contributed by atoms with van der Waals surface area (Å²) < 4.78 is 0. The molecule has 0 aliphatic rings. The van der Waals surface area contributed by atoms with Crippen LogP contribution in [0.3, 0.4) is 0 Å². The van der Waals surface area contributed by atoms with Gasteiger partial charge in [0.2, 0.25) is 0 Å². The molecule has 11 heavy (non-hydrogen) atoms. The normalized spacial score (nSPS) is 10.4. The van der Waals surface area contributed by atoms with Crippen molar-refractivity contribution in [3.63, 3.8) is 0 Å². The summed E-state index contributed by atoms with van der Waals surface area (Å²) in [5, 5.41) is 8.25. The Morgan fingerprint density at radius 1 is 1.27 bits per heavy atom. The van der Waals surface area contributed by atoms with E-state index in [-0.39, 0.29) is 0 Å². The lowest BCUT2D eigenvalue weighted by molar-refractivity contribution is 0.215. The van der Waals surface area contributed by atoms with E-state index in [0.717, 1.165) is 5.56 Å². The number of hydroxylamine groups is 1.